The molecule has 0 spiro atoms. The Balaban J connectivity index is 1.13. The van der Waals surface area contributed by atoms with Crippen LogP contribution in [-0.2, 0) is 21.7 Å². The molecule has 1 aromatic heterocycles. The van der Waals surface area contributed by atoms with Crippen molar-refractivity contribution in [2.75, 3.05) is 9.80 Å². The highest BCUT2D eigenvalue weighted by atomic mass is 16.3. The third-order valence-electron chi connectivity index (χ3n) is 21.7. The van der Waals surface area contributed by atoms with Crippen LogP contribution in [0.4, 0.5) is 34.1 Å². The molecule has 0 fully saturated rings. The second-order valence-corrected chi connectivity index (χ2v) is 33.0. The summed E-state index contributed by atoms with van der Waals surface area (Å²) in [5.41, 5.74) is 34.6. The maximum absolute atomic E-state index is 7.22. The Hall–Kier alpha value is -11.5. The average Bonchev–Trinajstić information content (AvgIpc) is 1.69. The van der Waals surface area contributed by atoms with Crippen LogP contribution in [0.3, 0.4) is 0 Å². The van der Waals surface area contributed by atoms with Gasteiger partial charge in [0.15, 0.2) is 0 Å². The molecule has 13 aromatic carbocycles. The van der Waals surface area contributed by atoms with E-state index in [4.69, 9.17) is 4.42 Å². The molecule has 0 bridgehead atoms. The van der Waals surface area contributed by atoms with Crippen molar-refractivity contribution in [3.8, 4) is 77.9 Å². The molecule has 514 valence electrons. The van der Waals surface area contributed by atoms with Crippen molar-refractivity contribution in [1.82, 2.24) is 0 Å². The number of benzene rings is 13. The number of para-hydroxylation sites is 1. The first-order chi connectivity index (χ1) is 50.5. The van der Waals surface area contributed by atoms with Crippen molar-refractivity contribution in [3.63, 3.8) is 0 Å². The van der Waals surface area contributed by atoms with E-state index >= 15 is 0 Å². The van der Waals surface area contributed by atoms with Gasteiger partial charge in [-0.15, -0.1) is 0 Å². The lowest BCUT2D eigenvalue weighted by Gasteiger charge is -2.46. The molecule has 0 radical (unpaired) electrons. The fourth-order valence-electron chi connectivity index (χ4n) is 15.9. The molecule has 0 saturated carbocycles. The Labute approximate surface area is 622 Å². The van der Waals surface area contributed by atoms with E-state index in [0.29, 0.717) is 0 Å². The van der Waals surface area contributed by atoms with Gasteiger partial charge in [0.1, 0.15) is 11.2 Å². The lowest BCUT2D eigenvalue weighted by atomic mass is 9.33. The van der Waals surface area contributed by atoms with Gasteiger partial charge < -0.3 is 14.2 Å². The van der Waals surface area contributed by atoms with Crippen molar-refractivity contribution in [1.29, 1.82) is 0 Å². The SMILES string of the molecule is C=C/C=C\C=C(/C)c1cc(-c2ccccc2)c(N2c3ccc(C(C)(C)C)cc3B3c4cc(C(C)(C)C)ccc4N(c4c(-c5ccccc5)cc(-c5ccccc5)cc4-c4ccccc4)c4cc(-c5cc(-c6cc(C(C)(C)C)cc(C(C)(C)C)c6)c6oc7ccccc7c6c5)cc2c43)c(-c2ccccc2)c1. The van der Waals surface area contributed by atoms with Gasteiger partial charge in [0.2, 0.25) is 0 Å². The van der Waals surface area contributed by atoms with Gasteiger partial charge in [0, 0.05) is 61.3 Å². The summed E-state index contributed by atoms with van der Waals surface area (Å²) in [7, 11) is 0. The van der Waals surface area contributed by atoms with Crippen molar-refractivity contribution < 1.29 is 4.42 Å². The fraction of sp³-hybridized carbons (Fsp3) is 0.168. The van der Waals surface area contributed by atoms with Gasteiger partial charge in [-0.1, -0.05) is 326 Å². The molecular weight excluding hydrogens is 1270 g/mol. The molecule has 3 heterocycles. The van der Waals surface area contributed by atoms with Crippen LogP contribution in [0, 0.1) is 0 Å². The quantitative estimate of drug-likeness (QED) is 0.0898. The summed E-state index contributed by atoms with van der Waals surface area (Å²) in [6.07, 6.45) is 8.16. The van der Waals surface area contributed by atoms with Crippen LogP contribution in [0.2, 0.25) is 0 Å². The number of fused-ring (bicyclic) bond motifs is 7. The van der Waals surface area contributed by atoms with Crippen LogP contribution in [0.5, 0.6) is 0 Å². The predicted octanol–water partition coefficient (Wildman–Crippen LogP) is 26.7. The Bertz CT molecular complexity index is 5620. The molecule has 16 rings (SSSR count). The highest BCUT2D eigenvalue weighted by Gasteiger charge is 2.46. The normalized spacial score (nSPS) is 13.2. The molecule has 0 saturated heterocycles. The van der Waals surface area contributed by atoms with Gasteiger partial charge in [-0.3, -0.25) is 0 Å². The van der Waals surface area contributed by atoms with Gasteiger partial charge in [-0.05, 0) is 195 Å². The lowest BCUT2D eigenvalue weighted by molar-refractivity contribution is 0.569. The van der Waals surface area contributed by atoms with E-state index < -0.39 is 0 Å². The zero-order chi connectivity index (χ0) is 72.8. The summed E-state index contributed by atoms with van der Waals surface area (Å²) >= 11 is 0. The predicted molar refractivity (Wildman–Crippen MR) is 454 cm³/mol. The molecule has 0 amide bonds. The molecule has 0 aliphatic carbocycles. The first kappa shape index (κ1) is 68.0. The summed E-state index contributed by atoms with van der Waals surface area (Å²) in [5.74, 6) is 0. The van der Waals surface area contributed by atoms with Gasteiger partial charge in [0.05, 0.1) is 11.4 Å². The third kappa shape index (κ3) is 12.5. The lowest BCUT2D eigenvalue weighted by Crippen LogP contribution is -2.61. The van der Waals surface area contributed by atoms with Gasteiger partial charge in [-0.2, -0.15) is 0 Å². The topological polar surface area (TPSA) is 19.6 Å². The minimum atomic E-state index is -0.233. The van der Waals surface area contributed by atoms with Crippen molar-refractivity contribution in [3.05, 3.63) is 338 Å². The van der Waals surface area contributed by atoms with Crippen LogP contribution in [0.25, 0.3) is 105 Å². The van der Waals surface area contributed by atoms with Gasteiger partial charge in [-0.25, -0.2) is 0 Å². The van der Waals surface area contributed by atoms with E-state index in [2.05, 4.69) is 398 Å². The van der Waals surface area contributed by atoms with E-state index in [1.807, 2.05) is 12.2 Å². The summed E-state index contributed by atoms with van der Waals surface area (Å²) in [6, 6.07) is 106. The average molecular weight is 1360 g/mol. The second kappa shape index (κ2) is 26.4. The maximum Gasteiger partial charge on any atom is 0.252 e. The number of rotatable bonds is 12. The van der Waals surface area contributed by atoms with Crippen LogP contribution >= 0.6 is 0 Å². The number of anilines is 6. The first-order valence-electron chi connectivity index (χ1n) is 37.3. The smallest absolute Gasteiger partial charge is 0.252 e. The molecular formula is C101H91BN2O. The number of nitrogens with zero attached hydrogens (tertiary/aromatic N) is 2. The zero-order valence-electron chi connectivity index (χ0n) is 63.0. The summed E-state index contributed by atoms with van der Waals surface area (Å²) in [4.78, 5) is 5.41. The zero-order valence-corrected chi connectivity index (χ0v) is 63.0. The molecule has 0 atom stereocenters. The number of allylic oxidation sites excluding steroid dienone is 5. The molecule has 2 aliphatic heterocycles. The van der Waals surface area contributed by atoms with Crippen molar-refractivity contribution >= 4 is 84.7 Å². The van der Waals surface area contributed by atoms with Crippen LogP contribution in [0.15, 0.2) is 314 Å². The fourth-order valence-corrected chi connectivity index (χ4v) is 15.9. The first-order valence-corrected chi connectivity index (χ1v) is 37.3. The molecule has 2 aliphatic rings. The molecule has 3 nitrogen and oxygen atoms in total. The second-order valence-electron chi connectivity index (χ2n) is 33.0. The van der Waals surface area contributed by atoms with Crippen molar-refractivity contribution in [2.24, 2.45) is 0 Å². The van der Waals surface area contributed by atoms with E-state index in [-0.39, 0.29) is 28.4 Å². The van der Waals surface area contributed by atoms with Crippen molar-refractivity contribution in [2.45, 2.75) is 112 Å². The molecule has 14 aromatic rings. The highest BCUT2D eigenvalue weighted by molar-refractivity contribution is 7.00. The van der Waals surface area contributed by atoms with E-state index in [9.17, 15) is 0 Å². The summed E-state index contributed by atoms with van der Waals surface area (Å²) < 4.78 is 7.22. The summed E-state index contributed by atoms with van der Waals surface area (Å²) in [5, 5.41) is 2.15. The van der Waals surface area contributed by atoms with Crippen LogP contribution < -0.4 is 26.2 Å². The van der Waals surface area contributed by atoms with E-state index in [0.717, 1.165) is 145 Å². The van der Waals surface area contributed by atoms with E-state index in [1.54, 1.807) is 0 Å². The molecule has 0 unspecified atom stereocenters. The van der Waals surface area contributed by atoms with Crippen LogP contribution in [0.1, 0.15) is 118 Å². The molecule has 0 N–H and O–H groups in total. The number of hydrogen-bond acceptors (Lipinski definition) is 3. The highest BCUT2D eigenvalue weighted by Crippen LogP contribution is 2.56. The Morgan fingerprint density at radius 3 is 1.16 bits per heavy atom. The number of hydrogen-bond donors (Lipinski definition) is 0. The third-order valence-corrected chi connectivity index (χ3v) is 21.7. The Morgan fingerprint density at radius 1 is 0.333 bits per heavy atom. The molecule has 105 heavy (non-hydrogen) atoms. The number of furan rings is 1. The van der Waals surface area contributed by atoms with Crippen LogP contribution in [-0.4, -0.2) is 6.71 Å². The van der Waals surface area contributed by atoms with Gasteiger partial charge in [0.25, 0.3) is 6.71 Å². The molecule has 4 heteroatoms. The largest absolute Gasteiger partial charge is 0.455 e. The minimum Gasteiger partial charge on any atom is -0.455 e. The van der Waals surface area contributed by atoms with Gasteiger partial charge >= 0.3 is 0 Å². The maximum atomic E-state index is 7.22. The minimum absolute atomic E-state index is 0.136. The summed E-state index contributed by atoms with van der Waals surface area (Å²) in [6.45, 7) is 34.2. The monoisotopic (exact) mass is 1360 g/mol. The Morgan fingerprint density at radius 2 is 0.724 bits per heavy atom. The van der Waals surface area contributed by atoms with E-state index in [1.165, 1.54) is 38.6 Å². The Kier molecular flexibility index (Phi) is 17.1. The standard InChI is InChI=1S/C101H91BN2O/c1-15-16-22-35-65(2)71-54-81(67-38-25-18-26-39-67)95(82(55-71)68-40-27-19-28-41-68)103-89-50-48-76(98(3,4)5)63-87(89)102-88-64-77(99(6,7)8)49-51-90(88)104(96-83(69-42-29-20-30-43-69)56-72(66-36-23-17-24-37-66)57-84(96)70-44-31-21-32-45-70)92-61-74(60-91(103)94(92)102)73-58-85(97-86(59-73)80-46-33-34-47-93(80)105-97)75-52-78(100(9,10)11)62-79(53-75)101(12,13)14/h15-64H,1H2,2-14H3/b22-16-,65-35+.